The minimum absolute atomic E-state index is 0.486. The van der Waals surface area contributed by atoms with Gasteiger partial charge < -0.3 is 9.88 Å². The summed E-state index contributed by atoms with van der Waals surface area (Å²) in [5.74, 6) is 4.08. The Balaban J connectivity index is 1.79. The number of nitrogens with zero attached hydrogens (tertiary/aromatic N) is 2. The Labute approximate surface area is 116 Å². The van der Waals surface area contributed by atoms with Crippen molar-refractivity contribution in [2.75, 3.05) is 6.54 Å². The fraction of sp³-hybridized carbons (Fsp3) is 0.812. The predicted octanol–water partition coefficient (Wildman–Crippen LogP) is 3.38. The second kappa shape index (κ2) is 5.66. The molecule has 3 heteroatoms. The minimum Gasteiger partial charge on any atom is -0.334 e. The van der Waals surface area contributed by atoms with E-state index in [1.165, 1.54) is 37.9 Å². The zero-order valence-corrected chi connectivity index (χ0v) is 12.3. The van der Waals surface area contributed by atoms with Gasteiger partial charge >= 0.3 is 0 Å². The van der Waals surface area contributed by atoms with Crippen molar-refractivity contribution in [1.82, 2.24) is 14.9 Å². The number of aromatic nitrogens is 2. The Kier molecular flexibility index (Phi) is 3.92. The molecule has 2 aliphatic rings. The van der Waals surface area contributed by atoms with Crippen molar-refractivity contribution in [1.29, 1.82) is 0 Å². The molecule has 106 valence electrons. The second-order valence-electron chi connectivity index (χ2n) is 6.20. The van der Waals surface area contributed by atoms with E-state index in [4.69, 9.17) is 0 Å². The van der Waals surface area contributed by atoms with E-state index < -0.39 is 0 Å². The van der Waals surface area contributed by atoms with Crippen LogP contribution in [0.4, 0.5) is 0 Å². The highest BCUT2D eigenvalue weighted by atomic mass is 15.1. The number of hydrogen-bond donors (Lipinski definition) is 1. The van der Waals surface area contributed by atoms with Crippen LogP contribution in [0.5, 0.6) is 0 Å². The number of imidazole rings is 1. The Morgan fingerprint density at radius 1 is 1.32 bits per heavy atom. The van der Waals surface area contributed by atoms with E-state index in [2.05, 4.69) is 34.9 Å². The molecule has 2 saturated carbocycles. The van der Waals surface area contributed by atoms with E-state index in [1.54, 1.807) is 0 Å². The zero-order chi connectivity index (χ0) is 13.2. The lowest BCUT2D eigenvalue weighted by molar-refractivity contribution is 0.416. The number of rotatable bonds is 6. The first-order chi connectivity index (χ1) is 9.36. The molecular weight excluding hydrogens is 234 g/mol. The molecule has 0 spiro atoms. The summed E-state index contributed by atoms with van der Waals surface area (Å²) in [6.45, 7) is 6.59. The number of hydrogen-bond acceptors (Lipinski definition) is 2. The molecule has 0 saturated heterocycles. The first-order valence-electron chi connectivity index (χ1n) is 8.11. The van der Waals surface area contributed by atoms with Crippen LogP contribution < -0.4 is 5.32 Å². The molecule has 3 unspecified atom stereocenters. The topological polar surface area (TPSA) is 29.9 Å². The molecule has 0 bridgehead atoms. The van der Waals surface area contributed by atoms with E-state index in [0.717, 1.165) is 30.8 Å². The average Bonchev–Trinajstić information content (AvgIpc) is 2.97. The fourth-order valence-corrected chi connectivity index (χ4v) is 4.19. The monoisotopic (exact) mass is 261 g/mol. The lowest BCUT2D eigenvalue weighted by Gasteiger charge is -2.19. The predicted molar refractivity (Wildman–Crippen MR) is 77.9 cm³/mol. The molecule has 1 N–H and O–H groups in total. The molecule has 1 aromatic heterocycles. The molecule has 1 heterocycles. The summed E-state index contributed by atoms with van der Waals surface area (Å²) in [6, 6.07) is 0.486. The van der Waals surface area contributed by atoms with Crippen LogP contribution in [-0.2, 0) is 6.54 Å². The van der Waals surface area contributed by atoms with Crippen molar-refractivity contribution < 1.29 is 0 Å². The highest BCUT2D eigenvalue weighted by Gasteiger charge is 2.55. The van der Waals surface area contributed by atoms with E-state index in [-0.39, 0.29) is 0 Å². The van der Waals surface area contributed by atoms with Gasteiger partial charge in [-0.25, -0.2) is 4.98 Å². The first-order valence-corrected chi connectivity index (χ1v) is 8.11. The maximum absolute atomic E-state index is 4.67. The van der Waals surface area contributed by atoms with Gasteiger partial charge in [0.15, 0.2) is 0 Å². The molecule has 0 aliphatic heterocycles. The first kappa shape index (κ1) is 13.2. The van der Waals surface area contributed by atoms with Gasteiger partial charge in [-0.2, -0.15) is 0 Å². The van der Waals surface area contributed by atoms with Crippen LogP contribution in [-0.4, -0.2) is 16.1 Å². The Bertz CT molecular complexity index is 400. The van der Waals surface area contributed by atoms with Crippen LogP contribution in [0, 0.1) is 17.8 Å². The van der Waals surface area contributed by atoms with Gasteiger partial charge in [0, 0.05) is 18.9 Å². The molecule has 19 heavy (non-hydrogen) atoms. The van der Waals surface area contributed by atoms with Crippen LogP contribution in [0.3, 0.4) is 0 Å². The number of nitrogens with one attached hydrogen (secondary N) is 1. The molecule has 0 aromatic carbocycles. The van der Waals surface area contributed by atoms with Crippen molar-refractivity contribution >= 4 is 0 Å². The third kappa shape index (κ3) is 2.45. The van der Waals surface area contributed by atoms with Crippen LogP contribution in [0.2, 0.25) is 0 Å². The lowest BCUT2D eigenvalue weighted by Crippen LogP contribution is -2.27. The zero-order valence-electron chi connectivity index (χ0n) is 12.3. The summed E-state index contributed by atoms with van der Waals surface area (Å²) in [4.78, 5) is 4.67. The molecule has 2 aliphatic carbocycles. The van der Waals surface area contributed by atoms with E-state index in [9.17, 15) is 0 Å². The summed E-state index contributed by atoms with van der Waals surface area (Å²) >= 11 is 0. The third-order valence-electron chi connectivity index (χ3n) is 5.02. The van der Waals surface area contributed by atoms with Crippen molar-refractivity contribution in [3.63, 3.8) is 0 Å². The molecular formula is C16H27N3. The fourth-order valence-electron chi connectivity index (χ4n) is 4.19. The van der Waals surface area contributed by atoms with Gasteiger partial charge in [-0.1, -0.05) is 26.7 Å². The Morgan fingerprint density at radius 2 is 2.05 bits per heavy atom. The largest absolute Gasteiger partial charge is 0.334 e. The smallest absolute Gasteiger partial charge is 0.126 e. The lowest BCUT2D eigenvalue weighted by atomic mass is 10.0. The Hall–Kier alpha value is -0.830. The van der Waals surface area contributed by atoms with E-state index >= 15 is 0 Å². The maximum Gasteiger partial charge on any atom is 0.126 e. The summed E-state index contributed by atoms with van der Waals surface area (Å²) in [7, 11) is 0. The van der Waals surface area contributed by atoms with Crippen LogP contribution in [0.25, 0.3) is 0 Å². The number of fused-ring (bicyclic) bond motifs is 1. The summed E-state index contributed by atoms with van der Waals surface area (Å²) < 4.78 is 2.36. The van der Waals surface area contributed by atoms with Gasteiger partial charge in [-0.15, -0.1) is 0 Å². The molecule has 3 rings (SSSR count). The average molecular weight is 261 g/mol. The van der Waals surface area contributed by atoms with Crippen LogP contribution >= 0.6 is 0 Å². The highest BCUT2D eigenvalue weighted by molar-refractivity contribution is 5.12. The SMILES string of the molecule is CCCn1ccnc1C(NCC)C1C2CCCCC21. The van der Waals surface area contributed by atoms with E-state index in [0.29, 0.717) is 6.04 Å². The van der Waals surface area contributed by atoms with Gasteiger partial charge in [0.2, 0.25) is 0 Å². The van der Waals surface area contributed by atoms with Crippen LogP contribution in [0.15, 0.2) is 12.4 Å². The van der Waals surface area contributed by atoms with Gasteiger partial charge in [0.05, 0.1) is 6.04 Å². The quantitative estimate of drug-likeness (QED) is 0.850. The van der Waals surface area contributed by atoms with Crippen molar-refractivity contribution in [2.24, 2.45) is 17.8 Å². The highest BCUT2D eigenvalue weighted by Crippen LogP contribution is 2.60. The molecule has 1 aromatic rings. The molecule has 2 fully saturated rings. The van der Waals surface area contributed by atoms with Gasteiger partial charge in [-0.3, -0.25) is 0 Å². The normalized spacial score (nSPS) is 30.9. The van der Waals surface area contributed by atoms with E-state index in [1.807, 2.05) is 6.20 Å². The van der Waals surface area contributed by atoms with Crippen molar-refractivity contribution in [2.45, 2.75) is 58.5 Å². The summed E-state index contributed by atoms with van der Waals surface area (Å²) in [5.41, 5.74) is 0. The Morgan fingerprint density at radius 3 is 2.68 bits per heavy atom. The van der Waals surface area contributed by atoms with Crippen molar-refractivity contribution in [3.05, 3.63) is 18.2 Å². The minimum atomic E-state index is 0.486. The van der Waals surface area contributed by atoms with Crippen molar-refractivity contribution in [3.8, 4) is 0 Å². The molecule has 3 nitrogen and oxygen atoms in total. The number of aryl methyl sites for hydroxylation is 1. The van der Waals surface area contributed by atoms with Gasteiger partial charge in [0.1, 0.15) is 5.82 Å². The molecule has 0 amide bonds. The van der Waals surface area contributed by atoms with Gasteiger partial charge in [0.25, 0.3) is 0 Å². The standard InChI is InChI=1S/C16H27N3/c1-3-10-19-11-9-18-16(19)15(17-4-2)14-12-7-5-6-8-13(12)14/h9,11-15,17H,3-8,10H2,1-2H3. The van der Waals surface area contributed by atoms with Crippen LogP contribution in [0.1, 0.15) is 57.8 Å². The molecule has 3 atom stereocenters. The molecule has 0 radical (unpaired) electrons. The summed E-state index contributed by atoms with van der Waals surface area (Å²) in [5, 5.41) is 3.72. The summed E-state index contributed by atoms with van der Waals surface area (Å²) in [6.07, 6.45) is 11.1. The third-order valence-corrected chi connectivity index (χ3v) is 5.02. The van der Waals surface area contributed by atoms with Gasteiger partial charge in [-0.05, 0) is 43.6 Å². The maximum atomic E-state index is 4.67. The second-order valence-corrected chi connectivity index (χ2v) is 6.20.